The number of rotatable bonds is 2. The molecular weight excluding hydrogens is 236 g/mol. The average molecular weight is 250 g/mol. The Labute approximate surface area is 111 Å². The van der Waals surface area contributed by atoms with Gasteiger partial charge in [0.1, 0.15) is 5.69 Å². The normalized spacial score (nSPS) is 11.3. The number of hydrogen-bond donors (Lipinski definition) is 0. The molecule has 2 aromatic heterocycles. The minimum Gasteiger partial charge on any atom is -0.296 e. The zero-order valence-electron chi connectivity index (χ0n) is 10.9. The molecule has 19 heavy (non-hydrogen) atoms. The molecular formula is C16H14N2O. The van der Waals surface area contributed by atoms with Crippen LogP contribution in [0, 0.1) is 0 Å². The van der Waals surface area contributed by atoms with E-state index in [2.05, 4.69) is 35.9 Å². The fraction of sp³-hybridized carbons (Fsp3) is 0.188. The predicted octanol–water partition coefficient (Wildman–Crippen LogP) is 3.72. The van der Waals surface area contributed by atoms with E-state index >= 15 is 0 Å². The van der Waals surface area contributed by atoms with Crippen LogP contribution in [0.25, 0.3) is 21.8 Å². The third-order valence-corrected chi connectivity index (χ3v) is 3.34. The van der Waals surface area contributed by atoms with Gasteiger partial charge in [-0.3, -0.25) is 9.78 Å². The number of nitrogens with zero attached hydrogens (tertiary/aromatic N) is 2. The Morgan fingerprint density at radius 3 is 2.74 bits per heavy atom. The van der Waals surface area contributed by atoms with Crippen LogP contribution in [0.1, 0.15) is 35.8 Å². The van der Waals surface area contributed by atoms with Crippen molar-refractivity contribution in [1.82, 2.24) is 9.97 Å². The van der Waals surface area contributed by atoms with Crippen LogP contribution in [0.15, 0.2) is 36.5 Å². The van der Waals surface area contributed by atoms with Crippen molar-refractivity contribution < 1.29 is 4.79 Å². The maximum atomic E-state index is 10.9. The number of hydrogen-bond acceptors (Lipinski definition) is 3. The lowest BCUT2D eigenvalue weighted by Crippen LogP contribution is -1.95. The molecule has 3 aromatic rings. The smallest absolute Gasteiger partial charge is 0.168 e. The van der Waals surface area contributed by atoms with Gasteiger partial charge in [0.05, 0.1) is 11.0 Å². The van der Waals surface area contributed by atoms with Crippen LogP contribution in [-0.4, -0.2) is 16.3 Å². The largest absolute Gasteiger partial charge is 0.296 e. The Morgan fingerprint density at radius 1 is 1.16 bits per heavy atom. The molecule has 3 nitrogen and oxygen atoms in total. The lowest BCUT2D eigenvalue weighted by atomic mass is 9.95. The number of aldehydes is 1. The van der Waals surface area contributed by atoms with Crippen LogP contribution >= 0.6 is 0 Å². The van der Waals surface area contributed by atoms with Gasteiger partial charge in [-0.1, -0.05) is 26.0 Å². The van der Waals surface area contributed by atoms with Crippen molar-refractivity contribution in [1.29, 1.82) is 0 Å². The second-order valence-corrected chi connectivity index (χ2v) is 4.95. The molecule has 0 bridgehead atoms. The van der Waals surface area contributed by atoms with E-state index in [-0.39, 0.29) is 0 Å². The van der Waals surface area contributed by atoms with Crippen LogP contribution in [0.4, 0.5) is 0 Å². The summed E-state index contributed by atoms with van der Waals surface area (Å²) in [6.07, 6.45) is 2.53. The first-order valence-corrected chi connectivity index (χ1v) is 6.34. The minimum absolute atomic E-state index is 0.418. The van der Waals surface area contributed by atoms with Gasteiger partial charge >= 0.3 is 0 Å². The van der Waals surface area contributed by atoms with Crippen LogP contribution in [0.3, 0.4) is 0 Å². The molecule has 0 unspecified atom stereocenters. The van der Waals surface area contributed by atoms with Crippen molar-refractivity contribution >= 4 is 28.1 Å². The Bertz CT molecular complexity index is 778. The Kier molecular flexibility index (Phi) is 2.75. The second-order valence-electron chi connectivity index (χ2n) is 4.95. The minimum atomic E-state index is 0.418. The number of carbonyl (C=O) groups excluding carboxylic acids is 1. The standard InChI is InChI=1S/C16H14N2O/c1-10(2)14-8-11-5-6-12(9-19)18-15(11)16-13(14)4-3-7-17-16/h3-10H,1-2H3. The maximum absolute atomic E-state index is 10.9. The predicted molar refractivity (Wildman–Crippen MR) is 76.5 cm³/mol. The number of benzene rings is 1. The van der Waals surface area contributed by atoms with Gasteiger partial charge in [-0.2, -0.15) is 0 Å². The number of fused-ring (bicyclic) bond motifs is 3. The highest BCUT2D eigenvalue weighted by atomic mass is 16.1. The zero-order chi connectivity index (χ0) is 13.4. The Balaban J connectivity index is 2.50. The van der Waals surface area contributed by atoms with Crippen molar-refractivity contribution in [3.05, 3.63) is 47.8 Å². The molecule has 0 fully saturated rings. The van der Waals surface area contributed by atoms with Gasteiger partial charge in [-0.25, -0.2) is 4.98 Å². The molecule has 94 valence electrons. The summed E-state index contributed by atoms with van der Waals surface area (Å²) in [7, 11) is 0. The van der Waals surface area contributed by atoms with Gasteiger partial charge in [0.2, 0.25) is 0 Å². The molecule has 3 rings (SSSR count). The molecule has 0 aliphatic heterocycles. The Morgan fingerprint density at radius 2 is 2.00 bits per heavy atom. The SMILES string of the molecule is CC(C)c1cc2ccc(C=O)nc2c2ncccc12. The van der Waals surface area contributed by atoms with Crippen molar-refractivity contribution in [2.24, 2.45) is 0 Å². The summed E-state index contributed by atoms with van der Waals surface area (Å²) in [5.74, 6) is 0.418. The van der Waals surface area contributed by atoms with E-state index in [0.717, 1.165) is 28.1 Å². The van der Waals surface area contributed by atoms with Gasteiger partial charge in [-0.15, -0.1) is 0 Å². The first-order chi connectivity index (χ1) is 9.20. The third-order valence-electron chi connectivity index (χ3n) is 3.34. The van der Waals surface area contributed by atoms with Crippen LogP contribution in [-0.2, 0) is 0 Å². The van der Waals surface area contributed by atoms with Gasteiger partial charge in [-0.05, 0) is 29.7 Å². The summed E-state index contributed by atoms with van der Waals surface area (Å²) in [5, 5.41) is 2.14. The van der Waals surface area contributed by atoms with Gasteiger partial charge in [0, 0.05) is 17.0 Å². The molecule has 0 aliphatic carbocycles. The van der Waals surface area contributed by atoms with E-state index < -0.39 is 0 Å². The van der Waals surface area contributed by atoms with E-state index in [0.29, 0.717) is 11.6 Å². The van der Waals surface area contributed by atoms with Gasteiger partial charge in [0.15, 0.2) is 6.29 Å². The number of pyridine rings is 2. The molecule has 0 N–H and O–H groups in total. The lowest BCUT2D eigenvalue weighted by molar-refractivity contribution is 0.111. The highest BCUT2D eigenvalue weighted by Crippen LogP contribution is 2.30. The van der Waals surface area contributed by atoms with Crippen LogP contribution in [0.5, 0.6) is 0 Å². The quantitative estimate of drug-likeness (QED) is 0.514. The lowest BCUT2D eigenvalue weighted by Gasteiger charge is -2.12. The Hall–Kier alpha value is -2.29. The summed E-state index contributed by atoms with van der Waals surface area (Å²) in [6.45, 7) is 4.33. The summed E-state index contributed by atoms with van der Waals surface area (Å²) >= 11 is 0. The zero-order valence-corrected chi connectivity index (χ0v) is 10.9. The summed E-state index contributed by atoms with van der Waals surface area (Å²) in [5.41, 5.74) is 3.37. The number of carbonyl (C=O) groups is 1. The fourth-order valence-electron chi connectivity index (χ4n) is 2.41. The fourth-order valence-corrected chi connectivity index (χ4v) is 2.41. The highest BCUT2D eigenvalue weighted by Gasteiger charge is 2.11. The molecule has 0 radical (unpaired) electrons. The molecule has 2 heterocycles. The first kappa shape index (κ1) is 11.8. The first-order valence-electron chi connectivity index (χ1n) is 6.34. The summed E-state index contributed by atoms with van der Waals surface area (Å²) in [6, 6.07) is 9.82. The molecule has 0 aliphatic rings. The molecule has 0 saturated carbocycles. The molecule has 0 spiro atoms. The maximum Gasteiger partial charge on any atom is 0.168 e. The van der Waals surface area contributed by atoms with Gasteiger partial charge < -0.3 is 0 Å². The van der Waals surface area contributed by atoms with E-state index in [4.69, 9.17) is 0 Å². The molecule has 3 heteroatoms. The third kappa shape index (κ3) is 1.87. The molecule has 0 saturated heterocycles. The van der Waals surface area contributed by atoms with Gasteiger partial charge in [0.25, 0.3) is 0 Å². The van der Waals surface area contributed by atoms with E-state index in [1.54, 1.807) is 12.3 Å². The number of aromatic nitrogens is 2. The van der Waals surface area contributed by atoms with Crippen molar-refractivity contribution in [2.75, 3.05) is 0 Å². The summed E-state index contributed by atoms with van der Waals surface area (Å²) in [4.78, 5) is 19.7. The molecule has 1 aromatic carbocycles. The average Bonchev–Trinajstić information content (AvgIpc) is 2.45. The van der Waals surface area contributed by atoms with E-state index in [9.17, 15) is 4.79 Å². The van der Waals surface area contributed by atoms with Crippen molar-refractivity contribution in [3.63, 3.8) is 0 Å². The van der Waals surface area contributed by atoms with Crippen molar-refractivity contribution in [2.45, 2.75) is 19.8 Å². The monoisotopic (exact) mass is 250 g/mol. The van der Waals surface area contributed by atoms with Crippen LogP contribution in [0.2, 0.25) is 0 Å². The highest BCUT2D eigenvalue weighted by molar-refractivity contribution is 6.05. The van der Waals surface area contributed by atoms with Crippen molar-refractivity contribution in [3.8, 4) is 0 Å². The molecule has 0 atom stereocenters. The van der Waals surface area contributed by atoms with E-state index in [1.807, 2.05) is 12.1 Å². The summed E-state index contributed by atoms with van der Waals surface area (Å²) < 4.78 is 0. The second kappa shape index (κ2) is 4.43. The molecule has 0 amide bonds. The van der Waals surface area contributed by atoms with Crippen LogP contribution < -0.4 is 0 Å². The topological polar surface area (TPSA) is 42.9 Å². The van der Waals surface area contributed by atoms with E-state index in [1.165, 1.54) is 5.56 Å².